The average Bonchev–Trinajstić information content (AvgIpc) is 2.60. The zero-order valence-electron chi connectivity index (χ0n) is 15.3. The lowest BCUT2D eigenvalue weighted by Crippen LogP contribution is -2.19. The molecule has 0 amide bonds. The maximum Gasteiger partial charge on any atom is 0.118 e. The van der Waals surface area contributed by atoms with Crippen LogP contribution in [0.1, 0.15) is 48.9 Å². The summed E-state index contributed by atoms with van der Waals surface area (Å²) in [6.07, 6.45) is 6.95. The second kappa shape index (κ2) is 8.06. The first-order valence-corrected chi connectivity index (χ1v) is 8.76. The quantitative estimate of drug-likeness (QED) is 0.611. The molecular weight excluding hydrogens is 308 g/mol. The number of aromatic hydroxyl groups is 2. The molecule has 0 atom stereocenters. The van der Waals surface area contributed by atoms with Crippen molar-refractivity contribution in [1.82, 2.24) is 0 Å². The van der Waals surface area contributed by atoms with Crippen molar-refractivity contribution in [2.45, 2.75) is 44.9 Å². The smallest absolute Gasteiger partial charge is 0.118 e. The monoisotopic (exact) mass is 336 g/mol. The van der Waals surface area contributed by atoms with E-state index in [0.29, 0.717) is 11.5 Å². The number of phenols is 2. The fraction of sp³-hybridized carbons (Fsp3) is 0.304. The van der Waals surface area contributed by atoms with E-state index >= 15 is 0 Å². The van der Waals surface area contributed by atoms with E-state index < -0.39 is 0 Å². The fourth-order valence-corrected chi connectivity index (χ4v) is 3.03. The zero-order valence-corrected chi connectivity index (χ0v) is 15.3. The maximum atomic E-state index is 10.1. The van der Waals surface area contributed by atoms with E-state index in [1.165, 1.54) is 0 Å². The summed E-state index contributed by atoms with van der Waals surface area (Å²) in [6, 6.07) is 11.7. The Kier molecular flexibility index (Phi) is 6.08. The molecule has 0 radical (unpaired) electrons. The predicted octanol–water partition coefficient (Wildman–Crippen LogP) is 5.66. The molecule has 2 rings (SSSR count). The Morgan fingerprint density at radius 2 is 1.20 bits per heavy atom. The van der Waals surface area contributed by atoms with Gasteiger partial charge in [0.1, 0.15) is 11.5 Å². The Morgan fingerprint density at radius 3 is 1.56 bits per heavy atom. The van der Waals surface area contributed by atoms with Crippen molar-refractivity contribution in [2.75, 3.05) is 0 Å². The Balaban J connectivity index is 2.40. The van der Waals surface area contributed by atoms with Gasteiger partial charge in [-0.05, 0) is 60.1 Å². The van der Waals surface area contributed by atoms with Crippen LogP contribution in [-0.2, 0) is 18.3 Å². The number of benzene rings is 2. The molecule has 2 aromatic carbocycles. The molecule has 0 aromatic heterocycles. The van der Waals surface area contributed by atoms with Gasteiger partial charge in [0.15, 0.2) is 0 Å². The second-order valence-electron chi connectivity index (χ2n) is 6.97. The van der Waals surface area contributed by atoms with E-state index in [2.05, 4.69) is 39.1 Å². The van der Waals surface area contributed by atoms with Crippen LogP contribution in [-0.4, -0.2) is 10.2 Å². The number of rotatable bonds is 8. The summed E-state index contributed by atoms with van der Waals surface area (Å²) in [5.74, 6) is 0.664. The normalized spacial score (nSPS) is 11.3. The second-order valence-corrected chi connectivity index (χ2v) is 6.97. The lowest BCUT2D eigenvalue weighted by Gasteiger charge is -2.27. The highest BCUT2D eigenvalue weighted by Gasteiger charge is 2.25. The molecule has 132 valence electrons. The first-order valence-electron chi connectivity index (χ1n) is 8.76. The molecule has 0 spiro atoms. The third kappa shape index (κ3) is 4.33. The van der Waals surface area contributed by atoms with Gasteiger partial charge in [0.2, 0.25) is 0 Å². The topological polar surface area (TPSA) is 40.5 Å². The summed E-state index contributed by atoms with van der Waals surface area (Å²) in [7, 11) is 0. The maximum absolute atomic E-state index is 10.1. The van der Waals surface area contributed by atoms with Crippen LogP contribution in [0.15, 0.2) is 61.7 Å². The van der Waals surface area contributed by atoms with Gasteiger partial charge in [-0.15, -0.1) is 13.2 Å². The van der Waals surface area contributed by atoms with E-state index in [1.54, 1.807) is 12.1 Å². The summed E-state index contributed by atoms with van der Waals surface area (Å²) >= 11 is 0. The van der Waals surface area contributed by atoms with E-state index in [0.717, 1.165) is 47.9 Å². The Labute approximate surface area is 151 Å². The fourth-order valence-electron chi connectivity index (χ4n) is 3.03. The Bertz CT molecular complexity index is 693. The van der Waals surface area contributed by atoms with E-state index in [9.17, 15) is 10.2 Å². The van der Waals surface area contributed by atoms with Crippen molar-refractivity contribution >= 4 is 0 Å². The summed E-state index contributed by atoms with van der Waals surface area (Å²) in [6.45, 7) is 11.8. The molecule has 25 heavy (non-hydrogen) atoms. The highest BCUT2D eigenvalue weighted by Crippen LogP contribution is 2.36. The molecule has 0 unspecified atom stereocenters. The van der Waals surface area contributed by atoms with Crippen molar-refractivity contribution in [3.05, 3.63) is 84.0 Å². The van der Waals surface area contributed by atoms with Crippen LogP contribution in [0.3, 0.4) is 0 Å². The standard InChI is InChI=1S/C23H28O2/c1-5-7-9-17-15-19(11-13-21(17)24)23(3,4)20-12-14-22(25)18(16-20)10-8-6-2/h5-6,11-16,24-25H,1-2,7-10H2,3-4H3. The van der Waals surface area contributed by atoms with Gasteiger partial charge in [-0.2, -0.15) is 0 Å². The minimum atomic E-state index is -0.229. The molecule has 2 N–H and O–H groups in total. The molecule has 0 saturated carbocycles. The van der Waals surface area contributed by atoms with E-state index in [-0.39, 0.29) is 5.41 Å². The molecule has 2 heteroatoms. The average molecular weight is 336 g/mol. The van der Waals surface area contributed by atoms with Crippen LogP contribution < -0.4 is 0 Å². The largest absolute Gasteiger partial charge is 0.508 e. The molecular formula is C23H28O2. The molecule has 0 bridgehead atoms. The summed E-state index contributed by atoms with van der Waals surface area (Å²) in [5, 5.41) is 20.2. The molecule has 0 fully saturated rings. The molecule has 0 aliphatic rings. The van der Waals surface area contributed by atoms with Crippen LogP contribution in [0, 0.1) is 0 Å². The lowest BCUT2D eigenvalue weighted by molar-refractivity contribution is 0.466. The Hall–Kier alpha value is -2.48. The molecule has 0 aliphatic heterocycles. The number of aryl methyl sites for hydroxylation is 2. The van der Waals surface area contributed by atoms with Gasteiger partial charge in [0.05, 0.1) is 0 Å². The van der Waals surface area contributed by atoms with Crippen LogP contribution in [0.2, 0.25) is 0 Å². The molecule has 0 heterocycles. The van der Waals surface area contributed by atoms with Crippen molar-refractivity contribution in [2.24, 2.45) is 0 Å². The summed E-state index contributed by atoms with van der Waals surface area (Å²) in [5.41, 5.74) is 3.94. The molecule has 2 nitrogen and oxygen atoms in total. The van der Waals surface area contributed by atoms with Gasteiger partial charge in [0.25, 0.3) is 0 Å². The number of phenolic OH excluding ortho intramolecular Hbond substituents is 2. The van der Waals surface area contributed by atoms with Crippen molar-refractivity contribution in [3.8, 4) is 11.5 Å². The van der Waals surface area contributed by atoms with Gasteiger partial charge >= 0.3 is 0 Å². The van der Waals surface area contributed by atoms with Gasteiger partial charge in [0, 0.05) is 5.41 Å². The van der Waals surface area contributed by atoms with Crippen LogP contribution >= 0.6 is 0 Å². The van der Waals surface area contributed by atoms with Crippen molar-refractivity contribution < 1.29 is 10.2 Å². The number of allylic oxidation sites excluding steroid dienone is 2. The number of hydrogen-bond donors (Lipinski definition) is 2. The SMILES string of the molecule is C=CCCc1cc(C(C)(C)c2ccc(O)c(CCC=C)c2)ccc1O. The van der Waals surface area contributed by atoms with Gasteiger partial charge in [-0.25, -0.2) is 0 Å². The lowest BCUT2D eigenvalue weighted by atomic mass is 9.76. The summed E-state index contributed by atoms with van der Waals surface area (Å²) in [4.78, 5) is 0. The predicted molar refractivity (Wildman–Crippen MR) is 105 cm³/mol. The first-order chi connectivity index (χ1) is 11.9. The molecule has 0 saturated heterocycles. The van der Waals surface area contributed by atoms with Gasteiger partial charge in [-0.3, -0.25) is 0 Å². The first kappa shape index (κ1) is 18.9. The molecule has 2 aromatic rings. The van der Waals surface area contributed by atoms with E-state index in [4.69, 9.17) is 0 Å². The van der Waals surface area contributed by atoms with Crippen LogP contribution in [0.4, 0.5) is 0 Å². The number of hydrogen-bond acceptors (Lipinski definition) is 2. The van der Waals surface area contributed by atoms with Crippen molar-refractivity contribution in [3.63, 3.8) is 0 Å². The summed E-state index contributed by atoms with van der Waals surface area (Å²) < 4.78 is 0. The van der Waals surface area contributed by atoms with E-state index in [1.807, 2.05) is 24.3 Å². The highest BCUT2D eigenvalue weighted by atomic mass is 16.3. The van der Waals surface area contributed by atoms with Crippen LogP contribution in [0.25, 0.3) is 0 Å². The Morgan fingerprint density at radius 1 is 0.800 bits per heavy atom. The van der Waals surface area contributed by atoms with Crippen molar-refractivity contribution in [1.29, 1.82) is 0 Å². The third-order valence-electron chi connectivity index (χ3n) is 4.84. The minimum Gasteiger partial charge on any atom is -0.508 e. The van der Waals surface area contributed by atoms with Crippen LogP contribution in [0.5, 0.6) is 11.5 Å². The van der Waals surface area contributed by atoms with Gasteiger partial charge < -0.3 is 10.2 Å². The molecule has 0 aliphatic carbocycles. The minimum absolute atomic E-state index is 0.229. The van der Waals surface area contributed by atoms with Gasteiger partial charge in [-0.1, -0.05) is 50.3 Å². The third-order valence-corrected chi connectivity index (χ3v) is 4.84. The zero-order chi connectivity index (χ0) is 18.4. The highest BCUT2D eigenvalue weighted by molar-refractivity contribution is 5.47.